The second-order valence-electron chi connectivity index (χ2n) is 4.63. The van der Waals surface area contributed by atoms with Crippen molar-refractivity contribution >= 4 is 51.7 Å². The highest BCUT2D eigenvalue weighted by atomic mass is 35.5. The van der Waals surface area contributed by atoms with Gasteiger partial charge in [0.2, 0.25) is 0 Å². The van der Waals surface area contributed by atoms with Crippen LogP contribution in [0.25, 0.3) is 11.0 Å². The normalized spacial score (nSPS) is 10.9. The van der Waals surface area contributed by atoms with E-state index < -0.39 is 11.7 Å². The molecule has 2 heterocycles. The molecule has 1 amide bonds. The number of amides is 1. The number of nitrogen functional groups attached to an aromatic ring is 1. The molecule has 4 N–H and O–H groups in total. The number of carbonyl (C=O) groups is 1. The lowest BCUT2D eigenvalue weighted by molar-refractivity contribution is 0.102. The van der Waals surface area contributed by atoms with E-state index in [-0.39, 0.29) is 16.3 Å². The summed E-state index contributed by atoms with van der Waals surface area (Å²) in [6, 6.07) is 4.38. The van der Waals surface area contributed by atoms with Gasteiger partial charge >= 0.3 is 0 Å². The zero-order valence-electron chi connectivity index (χ0n) is 11.9. The highest BCUT2D eigenvalue weighted by molar-refractivity contribution is 7.98. The number of nitrogens with zero attached hydrogens (tertiary/aromatic N) is 2. The first-order valence-corrected chi connectivity index (χ1v) is 8.04. The van der Waals surface area contributed by atoms with Crippen molar-refractivity contribution in [3.05, 3.63) is 40.8 Å². The molecule has 0 spiro atoms. The molecule has 118 valence electrons. The first-order chi connectivity index (χ1) is 11.0. The molecule has 3 aromatic rings. The number of rotatable bonds is 3. The van der Waals surface area contributed by atoms with E-state index in [0.717, 1.165) is 10.4 Å². The van der Waals surface area contributed by atoms with Crippen LogP contribution in [0.1, 0.15) is 10.4 Å². The number of thioether (sulfide) groups is 1. The number of halogens is 2. The molecule has 0 saturated carbocycles. The number of benzene rings is 1. The number of fused-ring (bicyclic) bond motifs is 1. The van der Waals surface area contributed by atoms with Gasteiger partial charge in [0.15, 0.2) is 11.5 Å². The first kappa shape index (κ1) is 15.6. The van der Waals surface area contributed by atoms with Crippen molar-refractivity contribution in [1.82, 2.24) is 15.2 Å². The number of aromatic nitrogens is 3. The van der Waals surface area contributed by atoms with Crippen LogP contribution in [0, 0.1) is 5.82 Å². The van der Waals surface area contributed by atoms with Gasteiger partial charge in [-0.05, 0) is 24.5 Å². The second kappa shape index (κ2) is 6.05. The number of nitrogens with one attached hydrogen (secondary N) is 2. The molecule has 2 aromatic heterocycles. The topological polar surface area (TPSA) is 96.7 Å². The molecule has 0 fully saturated rings. The average molecular weight is 352 g/mol. The van der Waals surface area contributed by atoms with Crippen LogP contribution >= 0.6 is 23.4 Å². The van der Waals surface area contributed by atoms with Gasteiger partial charge in [0.1, 0.15) is 5.03 Å². The molecule has 0 bridgehead atoms. The van der Waals surface area contributed by atoms with Gasteiger partial charge in [0.25, 0.3) is 5.91 Å². The number of carbonyl (C=O) groups excluding carboxylic acids is 1. The zero-order chi connectivity index (χ0) is 16.6. The Bertz CT molecular complexity index is 914. The Kier molecular flexibility index (Phi) is 4.10. The Morgan fingerprint density at radius 2 is 2.26 bits per heavy atom. The van der Waals surface area contributed by atoms with E-state index in [1.807, 2.05) is 6.26 Å². The number of nitrogens with two attached hydrogens (primary N) is 1. The van der Waals surface area contributed by atoms with Gasteiger partial charge in [-0.3, -0.25) is 9.89 Å². The summed E-state index contributed by atoms with van der Waals surface area (Å²) in [5, 5.41) is 10.9. The molecule has 1 aromatic carbocycles. The predicted molar refractivity (Wildman–Crippen MR) is 89.4 cm³/mol. The maximum absolute atomic E-state index is 14.0. The van der Waals surface area contributed by atoms with Crippen molar-refractivity contribution in [2.24, 2.45) is 0 Å². The minimum atomic E-state index is -0.850. The summed E-state index contributed by atoms with van der Waals surface area (Å²) in [4.78, 5) is 16.5. The summed E-state index contributed by atoms with van der Waals surface area (Å²) in [6.45, 7) is 0. The van der Waals surface area contributed by atoms with Crippen molar-refractivity contribution in [2.45, 2.75) is 5.03 Å². The molecule has 0 aliphatic carbocycles. The molecule has 23 heavy (non-hydrogen) atoms. The van der Waals surface area contributed by atoms with E-state index in [2.05, 4.69) is 20.5 Å². The fourth-order valence-electron chi connectivity index (χ4n) is 2.08. The summed E-state index contributed by atoms with van der Waals surface area (Å²) < 4.78 is 14.0. The molecule has 0 unspecified atom stereocenters. The Morgan fingerprint density at radius 1 is 1.48 bits per heavy atom. The van der Waals surface area contributed by atoms with Crippen molar-refractivity contribution in [3.8, 4) is 0 Å². The molecule has 0 radical (unpaired) electrons. The lowest BCUT2D eigenvalue weighted by atomic mass is 10.1. The third-order valence-electron chi connectivity index (χ3n) is 3.18. The summed E-state index contributed by atoms with van der Waals surface area (Å²) in [5.74, 6) is -1.55. The van der Waals surface area contributed by atoms with Crippen LogP contribution in [-0.4, -0.2) is 27.3 Å². The molecular formula is C14H11ClFN5OS. The Balaban J connectivity index is 1.96. The SMILES string of the molecule is CSc1n[nH]c2ncc(NC(=O)c3c(Cl)ccc(N)c3F)cc12. The first-order valence-electron chi connectivity index (χ1n) is 6.44. The highest BCUT2D eigenvalue weighted by Gasteiger charge is 2.19. The van der Waals surface area contributed by atoms with E-state index in [9.17, 15) is 9.18 Å². The molecule has 6 nitrogen and oxygen atoms in total. The lowest BCUT2D eigenvalue weighted by Crippen LogP contribution is -2.15. The summed E-state index contributed by atoms with van der Waals surface area (Å²) in [5.41, 5.74) is 6.03. The fraction of sp³-hybridized carbons (Fsp3) is 0.0714. The van der Waals surface area contributed by atoms with Crippen LogP contribution < -0.4 is 11.1 Å². The van der Waals surface area contributed by atoms with Crippen LogP contribution in [0.4, 0.5) is 15.8 Å². The molecule has 9 heteroatoms. The van der Waals surface area contributed by atoms with Gasteiger partial charge in [0, 0.05) is 0 Å². The van der Waals surface area contributed by atoms with Crippen molar-refractivity contribution < 1.29 is 9.18 Å². The van der Waals surface area contributed by atoms with Crippen LogP contribution in [0.15, 0.2) is 29.4 Å². The second-order valence-corrected chi connectivity index (χ2v) is 5.83. The Morgan fingerprint density at radius 3 is 3.00 bits per heavy atom. The van der Waals surface area contributed by atoms with E-state index in [1.165, 1.54) is 30.1 Å². The summed E-state index contributed by atoms with van der Waals surface area (Å²) in [7, 11) is 0. The Hall–Kier alpha value is -2.32. The number of aromatic amines is 1. The van der Waals surface area contributed by atoms with Crippen molar-refractivity contribution in [2.75, 3.05) is 17.3 Å². The number of pyridine rings is 1. The molecular weight excluding hydrogens is 341 g/mol. The predicted octanol–water partition coefficient (Wildman–Crippen LogP) is 3.31. The maximum atomic E-state index is 14.0. The van der Waals surface area contributed by atoms with Gasteiger partial charge in [-0.2, -0.15) is 5.10 Å². The van der Waals surface area contributed by atoms with E-state index in [4.69, 9.17) is 17.3 Å². The van der Waals surface area contributed by atoms with Gasteiger partial charge < -0.3 is 11.1 Å². The monoisotopic (exact) mass is 351 g/mol. The van der Waals surface area contributed by atoms with Crippen molar-refractivity contribution in [3.63, 3.8) is 0 Å². The van der Waals surface area contributed by atoms with E-state index >= 15 is 0 Å². The van der Waals surface area contributed by atoms with E-state index in [0.29, 0.717) is 11.3 Å². The van der Waals surface area contributed by atoms with Crippen molar-refractivity contribution in [1.29, 1.82) is 0 Å². The smallest absolute Gasteiger partial charge is 0.260 e. The molecule has 0 atom stereocenters. The van der Waals surface area contributed by atoms with E-state index in [1.54, 1.807) is 6.07 Å². The highest BCUT2D eigenvalue weighted by Crippen LogP contribution is 2.27. The summed E-state index contributed by atoms with van der Waals surface area (Å²) in [6.07, 6.45) is 3.32. The van der Waals surface area contributed by atoms with Crippen LogP contribution in [0.2, 0.25) is 5.02 Å². The molecule has 3 rings (SSSR count). The van der Waals surface area contributed by atoms with Crippen LogP contribution in [-0.2, 0) is 0 Å². The minimum absolute atomic E-state index is 0.0173. The fourth-order valence-corrected chi connectivity index (χ4v) is 2.82. The maximum Gasteiger partial charge on any atom is 0.260 e. The zero-order valence-corrected chi connectivity index (χ0v) is 13.4. The van der Waals surface area contributed by atoms with Crippen LogP contribution in [0.3, 0.4) is 0 Å². The van der Waals surface area contributed by atoms with Gasteiger partial charge in [-0.15, -0.1) is 11.8 Å². The van der Waals surface area contributed by atoms with Gasteiger partial charge in [-0.25, -0.2) is 9.37 Å². The lowest BCUT2D eigenvalue weighted by Gasteiger charge is -2.09. The quantitative estimate of drug-likeness (QED) is 0.497. The number of anilines is 2. The third-order valence-corrected chi connectivity index (χ3v) is 4.19. The van der Waals surface area contributed by atoms with Crippen LogP contribution in [0.5, 0.6) is 0 Å². The number of H-pyrrole nitrogens is 1. The van der Waals surface area contributed by atoms with Gasteiger partial charge in [-0.1, -0.05) is 11.6 Å². The molecule has 0 aliphatic rings. The number of hydrogen-bond acceptors (Lipinski definition) is 5. The average Bonchev–Trinajstić information content (AvgIpc) is 2.93. The standard InChI is InChI=1S/C14H11ClFN5OS/c1-23-14-7-4-6(5-18-12(7)20-21-14)19-13(22)10-8(15)2-3-9(17)11(10)16/h2-5H,17H2,1H3,(H,19,22)(H,18,20,21). The molecule has 0 aliphatic heterocycles. The molecule has 0 saturated heterocycles. The largest absolute Gasteiger partial charge is 0.396 e. The minimum Gasteiger partial charge on any atom is -0.396 e. The Labute approximate surface area is 139 Å². The third kappa shape index (κ3) is 2.82. The van der Waals surface area contributed by atoms with Gasteiger partial charge in [0.05, 0.1) is 33.5 Å². The summed E-state index contributed by atoms with van der Waals surface area (Å²) >= 11 is 7.34. The number of hydrogen-bond donors (Lipinski definition) is 3.